The number of methoxy groups -OCH3 is 1. The van der Waals surface area contributed by atoms with Crippen LogP contribution < -0.4 is 20.3 Å². The number of H-pyrrole nitrogens is 1. The van der Waals surface area contributed by atoms with Gasteiger partial charge in [0.2, 0.25) is 5.91 Å². The normalized spacial score (nSPS) is 10.6. The van der Waals surface area contributed by atoms with Gasteiger partial charge in [-0.25, -0.2) is 0 Å². The number of hydrogen-bond acceptors (Lipinski definition) is 4. The highest BCUT2D eigenvalue weighted by Gasteiger charge is 2.07. The number of aromatic amines is 1. The lowest BCUT2D eigenvalue weighted by atomic mass is 10.1. The van der Waals surface area contributed by atoms with Gasteiger partial charge in [0.15, 0.2) is 0 Å². The predicted octanol–water partition coefficient (Wildman–Crippen LogP) is 3.01. The van der Waals surface area contributed by atoms with Gasteiger partial charge in [0.1, 0.15) is 11.5 Å². The van der Waals surface area contributed by atoms with Crippen LogP contribution in [0.1, 0.15) is 18.4 Å². The molecule has 1 heterocycles. The van der Waals surface area contributed by atoms with Crippen LogP contribution in [0.15, 0.2) is 59.4 Å². The zero-order valence-corrected chi connectivity index (χ0v) is 15.2. The average Bonchev–Trinajstić information content (AvgIpc) is 2.70. The smallest absolute Gasteiger partial charge is 0.253 e. The van der Waals surface area contributed by atoms with Gasteiger partial charge in [0.25, 0.3) is 5.56 Å². The minimum atomic E-state index is -0.219. The van der Waals surface area contributed by atoms with E-state index in [-0.39, 0.29) is 18.0 Å². The molecule has 6 heteroatoms. The Labute approximate surface area is 157 Å². The first-order valence-electron chi connectivity index (χ1n) is 8.80. The fourth-order valence-corrected chi connectivity index (χ4v) is 2.71. The monoisotopic (exact) mass is 366 g/mol. The van der Waals surface area contributed by atoms with E-state index < -0.39 is 0 Å². The SMILES string of the molecule is COc1ccc2cc(CNC(=O)CCCOc3ccccc3)c(=O)[nH]c2c1. The standard InChI is InChI=1S/C21H22N2O4/c1-26-18-10-9-15-12-16(21(25)23-19(15)13-18)14-22-20(24)8-5-11-27-17-6-3-2-4-7-17/h2-4,6-7,9-10,12-13H,5,8,11,14H2,1H3,(H,22,24)(H,23,25). The fraction of sp³-hybridized carbons (Fsp3) is 0.238. The Hall–Kier alpha value is -3.28. The van der Waals surface area contributed by atoms with Gasteiger partial charge in [-0.3, -0.25) is 9.59 Å². The molecule has 0 saturated heterocycles. The number of amides is 1. The molecule has 0 bridgehead atoms. The number of carbonyl (C=O) groups excluding carboxylic acids is 1. The second-order valence-corrected chi connectivity index (χ2v) is 6.12. The first-order valence-corrected chi connectivity index (χ1v) is 8.80. The van der Waals surface area contributed by atoms with Crippen LogP contribution in [-0.2, 0) is 11.3 Å². The van der Waals surface area contributed by atoms with Gasteiger partial charge in [0.05, 0.1) is 19.2 Å². The number of hydrogen-bond donors (Lipinski definition) is 2. The van der Waals surface area contributed by atoms with E-state index in [4.69, 9.17) is 9.47 Å². The van der Waals surface area contributed by atoms with Crippen LogP contribution in [0, 0.1) is 0 Å². The van der Waals surface area contributed by atoms with E-state index in [2.05, 4.69) is 10.3 Å². The Morgan fingerprint density at radius 2 is 1.89 bits per heavy atom. The molecule has 0 atom stereocenters. The third-order valence-corrected chi connectivity index (χ3v) is 4.17. The maximum absolute atomic E-state index is 12.2. The van der Waals surface area contributed by atoms with E-state index in [1.165, 1.54) is 0 Å². The molecule has 0 unspecified atom stereocenters. The number of ether oxygens (including phenoxy) is 2. The van der Waals surface area contributed by atoms with Gasteiger partial charge in [-0.15, -0.1) is 0 Å². The van der Waals surface area contributed by atoms with Crippen molar-refractivity contribution in [1.82, 2.24) is 10.3 Å². The molecule has 3 aromatic rings. The molecule has 27 heavy (non-hydrogen) atoms. The molecule has 2 aromatic carbocycles. The van der Waals surface area contributed by atoms with Crippen LogP contribution in [0.2, 0.25) is 0 Å². The van der Waals surface area contributed by atoms with E-state index in [1.807, 2.05) is 42.5 Å². The van der Waals surface area contributed by atoms with Crippen LogP contribution in [0.3, 0.4) is 0 Å². The van der Waals surface area contributed by atoms with Crippen LogP contribution in [0.4, 0.5) is 0 Å². The molecule has 0 spiro atoms. The summed E-state index contributed by atoms with van der Waals surface area (Å²) in [6.45, 7) is 0.658. The number of nitrogens with one attached hydrogen (secondary N) is 2. The zero-order chi connectivity index (χ0) is 19.1. The lowest BCUT2D eigenvalue weighted by Gasteiger charge is -2.08. The Bertz CT molecular complexity index is 967. The van der Waals surface area contributed by atoms with E-state index in [0.29, 0.717) is 36.3 Å². The number of carbonyl (C=O) groups is 1. The third-order valence-electron chi connectivity index (χ3n) is 4.17. The summed E-state index contributed by atoms with van der Waals surface area (Å²) in [6, 6.07) is 16.7. The third kappa shape index (κ3) is 5.10. The van der Waals surface area contributed by atoms with Crippen LogP contribution >= 0.6 is 0 Å². The molecule has 0 radical (unpaired) electrons. The average molecular weight is 366 g/mol. The molecule has 0 saturated carbocycles. The quantitative estimate of drug-likeness (QED) is 0.601. The van der Waals surface area contributed by atoms with Crippen molar-refractivity contribution in [2.24, 2.45) is 0 Å². The van der Waals surface area contributed by atoms with Crippen molar-refractivity contribution in [3.05, 3.63) is 70.5 Å². The first kappa shape index (κ1) is 18.5. The van der Waals surface area contributed by atoms with Gasteiger partial charge in [-0.05, 0) is 42.1 Å². The number of fused-ring (bicyclic) bond motifs is 1. The maximum atomic E-state index is 12.2. The summed E-state index contributed by atoms with van der Waals surface area (Å²) < 4.78 is 10.7. The number of pyridine rings is 1. The van der Waals surface area contributed by atoms with E-state index in [0.717, 1.165) is 11.1 Å². The second kappa shape index (κ2) is 8.89. The maximum Gasteiger partial charge on any atom is 0.253 e. The van der Waals surface area contributed by atoms with Gasteiger partial charge in [-0.2, -0.15) is 0 Å². The van der Waals surface area contributed by atoms with Crippen LogP contribution in [0.5, 0.6) is 11.5 Å². The van der Waals surface area contributed by atoms with Crippen molar-refractivity contribution in [2.75, 3.05) is 13.7 Å². The highest BCUT2D eigenvalue weighted by atomic mass is 16.5. The van der Waals surface area contributed by atoms with Crippen molar-refractivity contribution in [3.63, 3.8) is 0 Å². The van der Waals surface area contributed by atoms with Gasteiger partial charge in [0, 0.05) is 24.6 Å². The lowest BCUT2D eigenvalue weighted by Crippen LogP contribution is -2.26. The largest absolute Gasteiger partial charge is 0.497 e. The van der Waals surface area contributed by atoms with Crippen molar-refractivity contribution in [3.8, 4) is 11.5 Å². The molecular formula is C21H22N2O4. The van der Waals surface area contributed by atoms with Crippen molar-refractivity contribution in [1.29, 1.82) is 0 Å². The number of aromatic nitrogens is 1. The first-order chi connectivity index (χ1) is 13.2. The molecule has 0 aliphatic rings. The van der Waals surface area contributed by atoms with Gasteiger partial charge >= 0.3 is 0 Å². The summed E-state index contributed by atoms with van der Waals surface area (Å²) in [4.78, 5) is 27.0. The molecule has 3 rings (SSSR count). The molecule has 6 nitrogen and oxygen atoms in total. The molecular weight excluding hydrogens is 344 g/mol. The molecule has 140 valence electrons. The summed E-state index contributed by atoms with van der Waals surface area (Å²) in [5, 5.41) is 3.67. The van der Waals surface area contributed by atoms with Gasteiger partial charge in [-0.1, -0.05) is 18.2 Å². The topological polar surface area (TPSA) is 80.4 Å². The Morgan fingerprint density at radius 1 is 1.07 bits per heavy atom. The number of benzene rings is 2. The van der Waals surface area contributed by atoms with Crippen LogP contribution in [-0.4, -0.2) is 24.6 Å². The van der Waals surface area contributed by atoms with Crippen LogP contribution in [0.25, 0.3) is 10.9 Å². The lowest BCUT2D eigenvalue weighted by molar-refractivity contribution is -0.121. The van der Waals surface area contributed by atoms with Gasteiger partial charge < -0.3 is 19.8 Å². The molecule has 0 aliphatic heterocycles. The second-order valence-electron chi connectivity index (χ2n) is 6.12. The Kier molecular flexibility index (Phi) is 6.10. The molecule has 0 fully saturated rings. The summed E-state index contributed by atoms with van der Waals surface area (Å²) in [5.74, 6) is 1.36. The Balaban J connectivity index is 1.49. The highest BCUT2D eigenvalue weighted by molar-refractivity contribution is 5.80. The number of rotatable bonds is 8. The highest BCUT2D eigenvalue weighted by Crippen LogP contribution is 2.18. The molecule has 1 aromatic heterocycles. The van der Waals surface area contributed by atoms with Crippen molar-refractivity contribution >= 4 is 16.8 Å². The fourth-order valence-electron chi connectivity index (χ4n) is 2.71. The van der Waals surface area contributed by atoms with Crippen molar-refractivity contribution in [2.45, 2.75) is 19.4 Å². The minimum absolute atomic E-state index is 0.110. The van der Waals surface area contributed by atoms with E-state index in [1.54, 1.807) is 19.2 Å². The van der Waals surface area contributed by atoms with Crippen molar-refractivity contribution < 1.29 is 14.3 Å². The zero-order valence-electron chi connectivity index (χ0n) is 15.2. The molecule has 2 N–H and O–H groups in total. The minimum Gasteiger partial charge on any atom is -0.497 e. The summed E-state index contributed by atoms with van der Waals surface area (Å²) in [7, 11) is 1.58. The van der Waals surface area contributed by atoms with E-state index in [9.17, 15) is 9.59 Å². The molecule has 0 aliphatic carbocycles. The predicted molar refractivity (Wildman–Crippen MR) is 104 cm³/mol. The number of para-hydroxylation sites is 1. The summed E-state index contributed by atoms with van der Waals surface area (Å²) in [5.41, 5.74) is 0.998. The summed E-state index contributed by atoms with van der Waals surface area (Å²) >= 11 is 0. The van der Waals surface area contributed by atoms with E-state index >= 15 is 0 Å². The Morgan fingerprint density at radius 3 is 2.67 bits per heavy atom. The molecule has 1 amide bonds. The summed E-state index contributed by atoms with van der Waals surface area (Å²) in [6.07, 6.45) is 0.949.